The van der Waals surface area contributed by atoms with Crippen molar-refractivity contribution in [1.82, 2.24) is 4.90 Å². The highest BCUT2D eigenvalue weighted by atomic mass is 35.5. The van der Waals surface area contributed by atoms with Crippen LogP contribution in [0.15, 0.2) is 34.9 Å². The third-order valence-electron chi connectivity index (χ3n) is 3.00. The van der Waals surface area contributed by atoms with Gasteiger partial charge in [0.05, 0.1) is 30.0 Å². The maximum Gasteiger partial charge on any atom is 0.341 e. The second-order valence-electron chi connectivity index (χ2n) is 4.67. The number of hydrogen-bond donors (Lipinski definition) is 0. The van der Waals surface area contributed by atoms with E-state index in [1.807, 2.05) is 24.1 Å². The van der Waals surface area contributed by atoms with Crippen LogP contribution < -0.4 is 0 Å². The molecule has 0 aliphatic rings. The zero-order valence-corrected chi connectivity index (χ0v) is 13.2. The summed E-state index contributed by atoms with van der Waals surface area (Å²) in [5, 5.41) is 1.05. The lowest BCUT2D eigenvalue weighted by molar-refractivity contribution is 0.0596. The molecule has 6 heteroatoms. The summed E-state index contributed by atoms with van der Waals surface area (Å²) >= 11 is 11.9. The van der Waals surface area contributed by atoms with Crippen LogP contribution in [-0.2, 0) is 17.8 Å². The van der Waals surface area contributed by atoms with Gasteiger partial charge in [-0.1, -0.05) is 29.3 Å². The predicted octanol–water partition coefficient (Wildman–Crippen LogP) is 4.01. The normalized spacial score (nSPS) is 10.9. The zero-order chi connectivity index (χ0) is 15.4. The summed E-state index contributed by atoms with van der Waals surface area (Å²) in [5.74, 6) is 0.172. The van der Waals surface area contributed by atoms with Crippen LogP contribution in [0.4, 0.5) is 0 Å². The molecule has 0 spiro atoms. The van der Waals surface area contributed by atoms with Crippen molar-refractivity contribution in [3.05, 3.63) is 57.5 Å². The summed E-state index contributed by atoms with van der Waals surface area (Å²) in [7, 11) is 3.27. The van der Waals surface area contributed by atoms with Gasteiger partial charge in [-0.3, -0.25) is 4.90 Å². The Hall–Kier alpha value is -1.49. The minimum atomic E-state index is -0.401. The number of esters is 1. The van der Waals surface area contributed by atoms with Gasteiger partial charge in [-0.2, -0.15) is 0 Å². The van der Waals surface area contributed by atoms with Gasteiger partial charge in [-0.05, 0) is 30.8 Å². The van der Waals surface area contributed by atoms with Crippen molar-refractivity contribution in [2.24, 2.45) is 0 Å². The number of carbonyl (C=O) groups is 1. The molecule has 0 bridgehead atoms. The third kappa shape index (κ3) is 4.00. The Balaban J connectivity index is 2.05. The fraction of sp³-hybridized carbons (Fsp3) is 0.267. The van der Waals surface area contributed by atoms with Crippen molar-refractivity contribution in [3.63, 3.8) is 0 Å². The molecule has 2 rings (SSSR count). The molecule has 0 amide bonds. The Morgan fingerprint density at radius 1 is 1.24 bits per heavy atom. The van der Waals surface area contributed by atoms with E-state index in [-0.39, 0.29) is 0 Å². The Labute approximate surface area is 133 Å². The molecule has 0 aliphatic heterocycles. The molecule has 4 nitrogen and oxygen atoms in total. The van der Waals surface area contributed by atoms with E-state index < -0.39 is 5.97 Å². The number of furan rings is 1. The molecule has 0 atom stereocenters. The van der Waals surface area contributed by atoms with Gasteiger partial charge in [-0.15, -0.1) is 0 Å². The molecule has 1 heterocycles. The smallest absolute Gasteiger partial charge is 0.341 e. The molecule has 0 radical (unpaired) electrons. The van der Waals surface area contributed by atoms with Crippen molar-refractivity contribution in [2.75, 3.05) is 14.2 Å². The second kappa shape index (κ2) is 6.98. The van der Waals surface area contributed by atoms with Crippen LogP contribution in [0.1, 0.15) is 21.7 Å². The summed E-state index contributed by atoms with van der Waals surface area (Å²) in [6.45, 7) is 1.13. The number of carbonyl (C=O) groups excluding carboxylic acids is 1. The lowest BCUT2D eigenvalue weighted by Crippen LogP contribution is -2.18. The first-order chi connectivity index (χ1) is 10.0. The molecular weight excluding hydrogens is 313 g/mol. The Morgan fingerprint density at radius 2 is 2.00 bits per heavy atom. The van der Waals surface area contributed by atoms with E-state index in [0.29, 0.717) is 34.5 Å². The summed E-state index contributed by atoms with van der Waals surface area (Å²) in [6, 6.07) is 7.10. The Kier molecular flexibility index (Phi) is 5.28. The molecule has 2 aromatic rings. The van der Waals surface area contributed by atoms with Crippen molar-refractivity contribution in [2.45, 2.75) is 13.1 Å². The molecule has 21 heavy (non-hydrogen) atoms. The Morgan fingerprint density at radius 3 is 2.67 bits per heavy atom. The number of methoxy groups -OCH3 is 1. The van der Waals surface area contributed by atoms with E-state index in [2.05, 4.69) is 0 Å². The van der Waals surface area contributed by atoms with Gasteiger partial charge in [0.15, 0.2) is 0 Å². The molecule has 1 aromatic heterocycles. The van der Waals surface area contributed by atoms with Gasteiger partial charge in [-0.25, -0.2) is 4.79 Å². The molecule has 0 saturated carbocycles. The highest BCUT2D eigenvalue weighted by Crippen LogP contribution is 2.23. The highest BCUT2D eigenvalue weighted by Gasteiger charge is 2.16. The van der Waals surface area contributed by atoms with E-state index in [4.69, 9.17) is 32.4 Å². The number of benzene rings is 1. The summed E-state index contributed by atoms with van der Waals surface area (Å²) in [4.78, 5) is 13.6. The van der Waals surface area contributed by atoms with Crippen LogP contribution in [0, 0.1) is 0 Å². The molecule has 1 aromatic carbocycles. The van der Waals surface area contributed by atoms with Gasteiger partial charge in [0.1, 0.15) is 11.3 Å². The zero-order valence-electron chi connectivity index (χ0n) is 11.7. The van der Waals surface area contributed by atoms with Crippen LogP contribution in [-0.4, -0.2) is 25.0 Å². The van der Waals surface area contributed by atoms with E-state index >= 15 is 0 Å². The van der Waals surface area contributed by atoms with E-state index in [1.165, 1.54) is 13.4 Å². The van der Waals surface area contributed by atoms with Crippen molar-refractivity contribution >= 4 is 29.2 Å². The van der Waals surface area contributed by atoms with Crippen LogP contribution in [0.5, 0.6) is 0 Å². The second-order valence-corrected chi connectivity index (χ2v) is 5.48. The number of rotatable bonds is 5. The fourth-order valence-corrected chi connectivity index (χ4v) is 2.33. The van der Waals surface area contributed by atoms with Gasteiger partial charge in [0.2, 0.25) is 0 Å². The van der Waals surface area contributed by atoms with Crippen LogP contribution in [0.3, 0.4) is 0 Å². The maximum absolute atomic E-state index is 11.6. The van der Waals surface area contributed by atoms with Crippen molar-refractivity contribution < 1.29 is 13.9 Å². The first-order valence-electron chi connectivity index (χ1n) is 6.28. The topological polar surface area (TPSA) is 42.7 Å². The van der Waals surface area contributed by atoms with Crippen LogP contribution in [0.2, 0.25) is 10.0 Å². The number of nitrogens with zero attached hydrogens (tertiary/aromatic N) is 1. The monoisotopic (exact) mass is 327 g/mol. The lowest BCUT2D eigenvalue weighted by Gasteiger charge is -2.16. The van der Waals surface area contributed by atoms with Gasteiger partial charge in [0.25, 0.3) is 0 Å². The minimum Gasteiger partial charge on any atom is -0.467 e. The van der Waals surface area contributed by atoms with Gasteiger partial charge in [0, 0.05) is 6.54 Å². The SMILES string of the molecule is COC(=O)c1ccoc1CN(C)Cc1ccc(Cl)c(Cl)c1. The quantitative estimate of drug-likeness (QED) is 0.778. The Bertz CT molecular complexity index is 640. The summed E-state index contributed by atoms with van der Waals surface area (Å²) in [5.41, 5.74) is 1.47. The molecule has 0 fully saturated rings. The molecular formula is C15H15Cl2NO3. The fourth-order valence-electron chi connectivity index (χ4n) is 2.01. The number of halogens is 2. The number of hydrogen-bond acceptors (Lipinski definition) is 4. The van der Waals surface area contributed by atoms with Crippen molar-refractivity contribution in [1.29, 1.82) is 0 Å². The third-order valence-corrected chi connectivity index (χ3v) is 3.74. The van der Waals surface area contributed by atoms with E-state index in [9.17, 15) is 4.79 Å². The average molecular weight is 328 g/mol. The highest BCUT2D eigenvalue weighted by molar-refractivity contribution is 6.42. The van der Waals surface area contributed by atoms with Gasteiger partial charge < -0.3 is 9.15 Å². The first kappa shape index (κ1) is 15.9. The van der Waals surface area contributed by atoms with E-state index in [1.54, 1.807) is 12.1 Å². The number of ether oxygens (including phenoxy) is 1. The van der Waals surface area contributed by atoms with E-state index in [0.717, 1.165) is 5.56 Å². The lowest BCUT2D eigenvalue weighted by atomic mass is 10.2. The molecule has 0 unspecified atom stereocenters. The summed E-state index contributed by atoms with van der Waals surface area (Å²) < 4.78 is 10.1. The van der Waals surface area contributed by atoms with Crippen LogP contribution in [0.25, 0.3) is 0 Å². The van der Waals surface area contributed by atoms with Crippen LogP contribution >= 0.6 is 23.2 Å². The predicted molar refractivity (Wildman–Crippen MR) is 81.7 cm³/mol. The van der Waals surface area contributed by atoms with Crippen molar-refractivity contribution in [3.8, 4) is 0 Å². The minimum absolute atomic E-state index is 0.401. The van der Waals surface area contributed by atoms with Gasteiger partial charge >= 0.3 is 5.97 Å². The molecule has 0 aliphatic carbocycles. The first-order valence-corrected chi connectivity index (χ1v) is 7.04. The molecule has 0 N–H and O–H groups in total. The standard InChI is InChI=1S/C15H15Cl2NO3/c1-18(8-10-3-4-12(16)13(17)7-10)9-14-11(5-6-21-14)15(19)20-2/h3-7H,8-9H2,1-2H3. The maximum atomic E-state index is 11.6. The largest absolute Gasteiger partial charge is 0.467 e. The molecule has 0 saturated heterocycles. The summed E-state index contributed by atoms with van der Waals surface area (Å²) in [6.07, 6.45) is 1.48. The average Bonchev–Trinajstić information content (AvgIpc) is 2.90. The molecule has 112 valence electrons.